The molecule has 0 saturated heterocycles. The van der Waals surface area contributed by atoms with Crippen molar-refractivity contribution in [3.8, 4) is 0 Å². The molecule has 3 amide bonds. The van der Waals surface area contributed by atoms with E-state index in [2.05, 4.69) is 15.4 Å². The van der Waals surface area contributed by atoms with Gasteiger partial charge in [0.25, 0.3) is 17.7 Å². The minimum Gasteiger partial charge on any atom is -0.465 e. The van der Waals surface area contributed by atoms with E-state index in [1.807, 2.05) is 0 Å². The number of hydrogen-bond donors (Lipinski definition) is 2. The summed E-state index contributed by atoms with van der Waals surface area (Å²) in [6.07, 6.45) is -4.65. The average molecular weight is 544 g/mol. The second kappa shape index (κ2) is 10.4. The molecular formula is C26H17ClF3N3O5. The zero-order valence-electron chi connectivity index (χ0n) is 19.4. The summed E-state index contributed by atoms with van der Waals surface area (Å²) in [6, 6.07) is 15.7. The fourth-order valence-corrected chi connectivity index (χ4v) is 3.83. The van der Waals surface area contributed by atoms with E-state index in [1.165, 1.54) is 67.8 Å². The van der Waals surface area contributed by atoms with Crippen LogP contribution in [0.15, 0.2) is 83.5 Å². The van der Waals surface area contributed by atoms with Gasteiger partial charge in [-0.15, -0.1) is 0 Å². The zero-order valence-corrected chi connectivity index (χ0v) is 20.2. The molecule has 3 aromatic carbocycles. The summed E-state index contributed by atoms with van der Waals surface area (Å²) >= 11 is 6.13. The molecule has 4 rings (SSSR count). The number of para-hydroxylation sites is 1. The number of esters is 1. The van der Waals surface area contributed by atoms with Crippen molar-refractivity contribution in [2.75, 3.05) is 22.6 Å². The second-order valence-electron chi connectivity index (χ2n) is 7.88. The SMILES string of the molecule is COC(=O)c1cccc(N2C(=O)C(Cl)=C(Nc3ccc(C(=O)Nc4ccccc4C(F)(F)F)cc3)C2=O)c1. The van der Waals surface area contributed by atoms with Gasteiger partial charge in [0.1, 0.15) is 10.7 Å². The number of hydrogen-bond acceptors (Lipinski definition) is 6. The van der Waals surface area contributed by atoms with Crippen molar-refractivity contribution in [3.05, 3.63) is 100 Å². The normalized spacial score (nSPS) is 13.6. The number of imide groups is 1. The molecular weight excluding hydrogens is 527 g/mol. The van der Waals surface area contributed by atoms with Crippen LogP contribution in [0.3, 0.4) is 0 Å². The lowest BCUT2D eigenvalue weighted by atomic mass is 10.1. The predicted molar refractivity (Wildman–Crippen MR) is 133 cm³/mol. The van der Waals surface area contributed by atoms with Gasteiger partial charge in [-0.3, -0.25) is 14.4 Å². The van der Waals surface area contributed by atoms with Crippen molar-refractivity contribution in [1.82, 2.24) is 0 Å². The molecule has 0 aromatic heterocycles. The van der Waals surface area contributed by atoms with Crippen molar-refractivity contribution in [1.29, 1.82) is 0 Å². The Morgan fingerprint density at radius 1 is 0.895 bits per heavy atom. The molecule has 1 aliphatic rings. The van der Waals surface area contributed by atoms with Gasteiger partial charge in [-0.2, -0.15) is 13.2 Å². The first-order valence-corrected chi connectivity index (χ1v) is 11.2. The number of amides is 3. The molecule has 2 N–H and O–H groups in total. The Morgan fingerprint density at radius 2 is 1.58 bits per heavy atom. The Morgan fingerprint density at radius 3 is 2.24 bits per heavy atom. The first-order chi connectivity index (χ1) is 18.0. The molecule has 12 heteroatoms. The van der Waals surface area contributed by atoms with Crippen molar-refractivity contribution < 1.29 is 37.1 Å². The van der Waals surface area contributed by atoms with E-state index in [-0.39, 0.29) is 28.2 Å². The molecule has 1 heterocycles. The fourth-order valence-electron chi connectivity index (χ4n) is 3.62. The molecule has 0 bridgehead atoms. The van der Waals surface area contributed by atoms with E-state index in [1.54, 1.807) is 0 Å². The molecule has 0 spiro atoms. The molecule has 0 radical (unpaired) electrons. The number of methoxy groups -OCH3 is 1. The molecule has 194 valence electrons. The Kier molecular flexibility index (Phi) is 7.22. The van der Waals surface area contributed by atoms with Crippen LogP contribution in [-0.2, 0) is 20.5 Å². The highest BCUT2D eigenvalue weighted by Crippen LogP contribution is 2.35. The summed E-state index contributed by atoms with van der Waals surface area (Å²) in [7, 11) is 1.19. The van der Waals surface area contributed by atoms with Gasteiger partial charge < -0.3 is 15.4 Å². The summed E-state index contributed by atoms with van der Waals surface area (Å²) in [4.78, 5) is 50.8. The van der Waals surface area contributed by atoms with Gasteiger partial charge in [-0.1, -0.05) is 29.8 Å². The quantitative estimate of drug-likeness (QED) is 0.328. The first kappa shape index (κ1) is 26.4. The summed E-state index contributed by atoms with van der Waals surface area (Å²) in [6.45, 7) is 0. The van der Waals surface area contributed by atoms with Gasteiger partial charge in [0.05, 0.1) is 29.6 Å². The maximum Gasteiger partial charge on any atom is 0.418 e. The largest absolute Gasteiger partial charge is 0.465 e. The van der Waals surface area contributed by atoms with Crippen molar-refractivity contribution in [2.45, 2.75) is 6.18 Å². The molecule has 0 atom stereocenters. The van der Waals surface area contributed by atoms with Crippen LogP contribution >= 0.6 is 11.6 Å². The molecule has 8 nitrogen and oxygen atoms in total. The molecule has 38 heavy (non-hydrogen) atoms. The van der Waals surface area contributed by atoms with Crippen LogP contribution in [0.25, 0.3) is 0 Å². The molecule has 3 aromatic rings. The van der Waals surface area contributed by atoms with Gasteiger partial charge in [0, 0.05) is 11.3 Å². The Balaban J connectivity index is 1.50. The van der Waals surface area contributed by atoms with Crippen molar-refractivity contribution in [2.24, 2.45) is 0 Å². The average Bonchev–Trinajstić information content (AvgIpc) is 3.11. The summed E-state index contributed by atoms with van der Waals surface area (Å²) < 4.78 is 44.2. The lowest BCUT2D eigenvalue weighted by Crippen LogP contribution is -2.32. The molecule has 0 saturated carbocycles. The number of carbonyl (C=O) groups excluding carboxylic acids is 4. The number of carbonyl (C=O) groups is 4. The Labute approximate surface area is 218 Å². The van der Waals surface area contributed by atoms with Crippen LogP contribution in [0.2, 0.25) is 0 Å². The Hall–Kier alpha value is -4.64. The monoisotopic (exact) mass is 543 g/mol. The number of ether oxygens (including phenoxy) is 1. The van der Waals surface area contributed by atoms with Crippen molar-refractivity contribution >= 4 is 52.4 Å². The van der Waals surface area contributed by atoms with Crippen LogP contribution < -0.4 is 15.5 Å². The number of rotatable bonds is 6. The number of halogens is 4. The predicted octanol–water partition coefficient (Wildman–Crippen LogP) is 5.18. The van der Waals surface area contributed by atoms with E-state index in [0.717, 1.165) is 17.0 Å². The summed E-state index contributed by atoms with van der Waals surface area (Å²) in [5, 5.41) is 4.57. The highest BCUT2D eigenvalue weighted by molar-refractivity contribution is 6.53. The number of nitrogens with zero attached hydrogens (tertiary/aromatic N) is 1. The molecule has 1 aliphatic heterocycles. The summed E-state index contributed by atoms with van der Waals surface area (Å²) in [5.74, 6) is -3.04. The third kappa shape index (κ3) is 5.23. The minimum absolute atomic E-state index is 0.0441. The van der Waals surface area contributed by atoms with E-state index in [4.69, 9.17) is 11.6 Å². The van der Waals surface area contributed by atoms with Gasteiger partial charge in [-0.25, -0.2) is 9.69 Å². The second-order valence-corrected chi connectivity index (χ2v) is 8.25. The highest BCUT2D eigenvalue weighted by Gasteiger charge is 2.39. The van der Waals surface area contributed by atoms with Crippen LogP contribution in [0, 0.1) is 0 Å². The third-order valence-corrected chi connectivity index (χ3v) is 5.80. The number of anilines is 3. The van der Waals surface area contributed by atoms with E-state index in [0.29, 0.717) is 0 Å². The van der Waals surface area contributed by atoms with Crippen molar-refractivity contribution in [3.63, 3.8) is 0 Å². The first-order valence-electron chi connectivity index (χ1n) is 10.8. The van der Waals surface area contributed by atoms with Gasteiger partial charge in [0.15, 0.2) is 0 Å². The lowest BCUT2D eigenvalue weighted by Gasteiger charge is -2.16. The molecule has 0 unspecified atom stereocenters. The van der Waals surface area contributed by atoms with E-state index >= 15 is 0 Å². The standard InChI is InChI=1S/C26H17ClF3N3O5/c1-38-25(37)15-5-4-6-17(13-15)33-23(35)20(27)21(24(33)36)31-16-11-9-14(10-12-16)22(34)32-19-8-3-2-7-18(19)26(28,29)30/h2-13,31H,1H3,(H,32,34). The molecule has 0 fully saturated rings. The van der Waals surface area contributed by atoms with Crippen LogP contribution in [-0.4, -0.2) is 30.8 Å². The van der Waals surface area contributed by atoms with Crippen LogP contribution in [0.4, 0.5) is 30.2 Å². The van der Waals surface area contributed by atoms with E-state index < -0.39 is 46.2 Å². The van der Waals surface area contributed by atoms with E-state index in [9.17, 15) is 32.3 Å². The third-order valence-electron chi connectivity index (χ3n) is 5.45. The molecule has 0 aliphatic carbocycles. The highest BCUT2D eigenvalue weighted by atomic mass is 35.5. The van der Waals surface area contributed by atoms with Gasteiger partial charge >= 0.3 is 12.1 Å². The number of benzene rings is 3. The smallest absolute Gasteiger partial charge is 0.418 e. The lowest BCUT2D eigenvalue weighted by molar-refractivity contribution is -0.137. The maximum atomic E-state index is 13.2. The van der Waals surface area contributed by atoms with Gasteiger partial charge in [-0.05, 0) is 54.6 Å². The zero-order chi connectivity index (χ0) is 27.6. The minimum atomic E-state index is -4.65. The van der Waals surface area contributed by atoms with Gasteiger partial charge in [0.2, 0.25) is 0 Å². The number of alkyl halides is 3. The maximum absolute atomic E-state index is 13.2. The fraction of sp³-hybridized carbons (Fsp3) is 0.0769. The van der Waals surface area contributed by atoms with Crippen LogP contribution in [0.1, 0.15) is 26.3 Å². The Bertz CT molecular complexity index is 1490. The van der Waals surface area contributed by atoms with Crippen LogP contribution in [0.5, 0.6) is 0 Å². The number of nitrogens with one attached hydrogen (secondary N) is 2. The summed E-state index contributed by atoms with van der Waals surface area (Å²) in [5.41, 5.74) is -1.08. The topological polar surface area (TPSA) is 105 Å².